The summed E-state index contributed by atoms with van der Waals surface area (Å²) < 4.78 is 18.3. The smallest absolute Gasteiger partial charge is 0.123 e. The number of hydrogen-bond donors (Lipinski definition) is 1. The number of nitrogens with one attached hydrogen (secondary N) is 1. The number of ether oxygens (including phenoxy) is 1. The van der Waals surface area contributed by atoms with Crippen molar-refractivity contribution < 1.29 is 9.13 Å². The second-order valence-corrected chi connectivity index (χ2v) is 4.46. The maximum atomic E-state index is 12.7. The largest absolute Gasteiger partial charge is 0.492 e. The Kier molecular flexibility index (Phi) is 4.93. The third kappa shape index (κ3) is 4.72. The average Bonchev–Trinajstić information content (AvgIpc) is 2.43. The minimum absolute atomic E-state index is 0.202. The molecule has 0 aliphatic heterocycles. The highest BCUT2D eigenvalue weighted by Gasteiger charge is 1.95. The SMILES string of the molecule is Cc1ccc(OCCNCc2ccc(F)cc2)cc1. The van der Waals surface area contributed by atoms with Crippen LogP contribution in [0.5, 0.6) is 5.75 Å². The van der Waals surface area contributed by atoms with E-state index < -0.39 is 0 Å². The van der Waals surface area contributed by atoms with E-state index in [1.54, 1.807) is 12.1 Å². The Hall–Kier alpha value is -1.87. The Balaban J connectivity index is 1.64. The van der Waals surface area contributed by atoms with Gasteiger partial charge < -0.3 is 10.1 Å². The van der Waals surface area contributed by atoms with E-state index in [9.17, 15) is 4.39 Å². The maximum Gasteiger partial charge on any atom is 0.123 e. The van der Waals surface area contributed by atoms with Crippen LogP contribution in [0.2, 0.25) is 0 Å². The van der Waals surface area contributed by atoms with Crippen molar-refractivity contribution in [2.75, 3.05) is 13.2 Å². The normalized spacial score (nSPS) is 10.4. The van der Waals surface area contributed by atoms with Crippen LogP contribution in [-0.4, -0.2) is 13.2 Å². The Morgan fingerprint density at radius 2 is 1.68 bits per heavy atom. The first kappa shape index (κ1) is 13.6. The van der Waals surface area contributed by atoms with Gasteiger partial charge in [0.15, 0.2) is 0 Å². The molecule has 0 fully saturated rings. The zero-order valence-electron chi connectivity index (χ0n) is 11.0. The van der Waals surface area contributed by atoms with Crippen LogP contribution >= 0.6 is 0 Å². The van der Waals surface area contributed by atoms with Gasteiger partial charge in [-0.05, 0) is 36.8 Å². The average molecular weight is 259 g/mol. The topological polar surface area (TPSA) is 21.3 Å². The number of rotatable bonds is 6. The van der Waals surface area contributed by atoms with Crippen LogP contribution in [0, 0.1) is 12.7 Å². The van der Waals surface area contributed by atoms with Crippen molar-refractivity contribution in [2.24, 2.45) is 0 Å². The van der Waals surface area contributed by atoms with Crippen LogP contribution < -0.4 is 10.1 Å². The highest BCUT2D eigenvalue weighted by molar-refractivity contribution is 5.26. The second-order valence-electron chi connectivity index (χ2n) is 4.46. The fourth-order valence-electron chi connectivity index (χ4n) is 1.71. The van der Waals surface area contributed by atoms with Crippen LogP contribution in [0.4, 0.5) is 4.39 Å². The quantitative estimate of drug-likeness (QED) is 0.804. The molecule has 0 amide bonds. The maximum absolute atomic E-state index is 12.7. The third-order valence-corrected chi connectivity index (χ3v) is 2.81. The minimum atomic E-state index is -0.202. The van der Waals surface area contributed by atoms with Gasteiger partial charge in [-0.2, -0.15) is 0 Å². The first-order chi connectivity index (χ1) is 9.24. The molecule has 0 heterocycles. The van der Waals surface area contributed by atoms with Crippen LogP contribution in [-0.2, 0) is 6.54 Å². The van der Waals surface area contributed by atoms with Crippen molar-refractivity contribution in [2.45, 2.75) is 13.5 Å². The zero-order chi connectivity index (χ0) is 13.5. The molecule has 19 heavy (non-hydrogen) atoms. The molecule has 3 heteroatoms. The van der Waals surface area contributed by atoms with Gasteiger partial charge in [-0.25, -0.2) is 4.39 Å². The summed E-state index contributed by atoms with van der Waals surface area (Å²) in [6.07, 6.45) is 0. The number of aryl methyl sites for hydroxylation is 1. The molecule has 2 aromatic rings. The molecule has 2 rings (SSSR count). The summed E-state index contributed by atoms with van der Waals surface area (Å²) >= 11 is 0. The second kappa shape index (κ2) is 6.90. The third-order valence-electron chi connectivity index (χ3n) is 2.81. The van der Waals surface area contributed by atoms with Gasteiger partial charge in [-0.15, -0.1) is 0 Å². The van der Waals surface area contributed by atoms with Crippen molar-refractivity contribution in [3.8, 4) is 5.75 Å². The molecule has 0 aliphatic rings. The number of hydrogen-bond acceptors (Lipinski definition) is 2. The van der Waals surface area contributed by atoms with Gasteiger partial charge in [0, 0.05) is 13.1 Å². The monoisotopic (exact) mass is 259 g/mol. The molecule has 0 saturated carbocycles. The van der Waals surface area contributed by atoms with Gasteiger partial charge in [0.05, 0.1) is 0 Å². The molecule has 2 aromatic carbocycles. The van der Waals surface area contributed by atoms with Gasteiger partial charge in [0.1, 0.15) is 18.2 Å². The lowest BCUT2D eigenvalue weighted by Gasteiger charge is -2.08. The molecule has 1 N–H and O–H groups in total. The molecule has 100 valence electrons. The van der Waals surface area contributed by atoms with Crippen LogP contribution in [0.15, 0.2) is 48.5 Å². The fraction of sp³-hybridized carbons (Fsp3) is 0.250. The molecule has 0 radical (unpaired) electrons. The molecule has 0 unspecified atom stereocenters. The molecule has 0 bridgehead atoms. The van der Waals surface area contributed by atoms with Crippen LogP contribution in [0.1, 0.15) is 11.1 Å². The molecular weight excluding hydrogens is 241 g/mol. The standard InChI is InChI=1S/C16H18FNO/c1-13-2-8-16(9-3-13)19-11-10-18-12-14-4-6-15(17)7-5-14/h2-9,18H,10-12H2,1H3. The summed E-state index contributed by atoms with van der Waals surface area (Å²) in [4.78, 5) is 0. The summed E-state index contributed by atoms with van der Waals surface area (Å²) in [5.41, 5.74) is 2.29. The van der Waals surface area contributed by atoms with Crippen molar-refractivity contribution >= 4 is 0 Å². The molecule has 0 atom stereocenters. The molecule has 0 spiro atoms. The highest BCUT2D eigenvalue weighted by Crippen LogP contribution is 2.10. The molecular formula is C16H18FNO. The van der Waals surface area contributed by atoms with E-state index in [1.807, 2.05) is 31.2 Å². The molecule has 2 nitrogen and oxygen atoms in total. The lowest BCUT2D eigenvalue weighted by molar-refractivity contribution is 0.313. The number of benzene rings is 2. The summed E-state index contributed by atoms with van der Waals surface area (Å²) in [7, 11) is 0. The molecule has 0 aromatic heterocycles. The van der Waals surface area contributed by atoms with Crippen molar-refractivity contribution in [1.29, 1.82) is 0 Å². The van der Waals surface area contributed by atoms with Crippen LogP contribution in [0.25, 0.3) is 0 Å². The van der Waals surface area contributed by atoms with E-state index in [0.29, 0.717) is 6.61 Å². The van der Waals surface area contributed by atoms with Crippen molar-refractivity contribution in [3.05, 3.63) is 65.5 Å². The fourth-order valence-corrected chi connectivity index (χ4v) is 1.71. The van der Waals surface area contributed by atoms with E-state index >= 15 is 0 Å². The minimum Gasteiger partial charge on any atom is -0.492 e. The summed E-state index contributed by atoms with van der Waals surface area (Å²) in [5.74, 6) is 0.681. The Labute approximate surface area is 113 Å². The zero-order valence-corrected chi connectivity index (χ0v) is 11.0. The van der Waals surface area contributed by atoms with Gasteiger partial charge in [-0.3, -0.25) is 0 Å². The summed E-state index contributed by atoms with van der Waals surface area (Å²) in [5, 5.41) is 3.26. The van der Waals surface area contributed by atoms with E-state index in [-0.39, 0.29) is 5.82 Å². The lowest BCUT2D eigenvalue weighted by Crippen LogP contribution is -2.20. The summed E-state index contributed by atoms with van der Waals surface area (Å²) in [6, 6.07) is 14.5. The van der Waals surface area contributed by atoms with E-state index in [1.165, 1.54) is 17.7 Å². The highest BCUT2D eigenvalue weighted by atomic mass is 19.1. The first-order valence-corrected chi connectivity index (χ1v) is 6.39. The Bertz CT molecular complexity index is 446. The van der Waals surface area contributed by atoms with Crippen molar-refractivity contribution in [3.63, 3.8) is 0 Å². The Morgan fingerprint density at radius 3 is 2.37 bits per heavy atom. The van der Waals surface area contributed by atoms with Gasteiger partial charge in [0.25, 0.3) is 0 Å². The first-order valence-electron chi connectivity index (χ1n) is 6.39. The predicted molar refractivity (Wildman–Crippen MR) is 74.8 cm³/mol. The van der Waals surface area contributed by atoms with Gasteiger partial charge in [0.2, 0.25) is 0 Å². The lowest BCUT2D eigenvalue weighted by atomic mass is 10.2. The van der Waals surface area contributed by atoms with E-state index in [0.717, 1.165) is 24.4 Å². The van der Waals surface area contributed by atoms with Gasteiger partial charge >= 0.3 is 0 Å². The van der Waals surface area contributed by atoms with E-state index in [4.69, 9.17) is 4.74 Å². The number of halogens is 1. The van der Waals surface area contributed by atoms with E-state index in [2.05, 4.69) is 5.32 Å². The van der Waals surface area contributed by atoms with Crippen molar-refractivity contribution in [1.82, 2.24) is 5.32 Å². The van der Waals surface area contributed by atoms with Crippen LogP contribution in [0.3, 0.4) is 0 Å². The molecule has 0 saturated heterocycles. The Morgan fingerprint density at radius 1 is 1.00 bits per heavy atom. The van der Waals surface area contributed by atoms with Gasteiger partial charge in [-0.1, -0.05) is 29.8 Å². The predicted octanol–water partition coefficient (Wildman–Crippen LogP) is 3.30. The summed E-state index contributed by atoms with van der Waals surface area (Å²) in [6.45, 7) is 4.14. The molecule has 0 aliphatic carbocycles.